The molecular weight excluding hydrogens is 332 g/mol. The molecule has 0 aliphatic rings. The molecular formula is C19H16N4O3. The quantitative estimate of drug-likeness (QED) is 0.419. The normalized spacial score (nSPS) is 10.8. The van der Waals surface area contributed by atoms with E-state index in [1.165, 1.54) is 18.2 Å². The molecule has 7 nitrogen and oxygen atoms in total. The number of anilines is 1. The molecule has 26 heavy (non-hydrogen) atoms. The van der Waals surface area contributed by atoms with Gasteiger partial charge in [-0.05, 0) is 35.9 Å². The first-order chi connectivity index (χ1) is 12.6. The Kier molecular flexibility index (Phi) is 5.19. The van der Waals surface area contributed by atoms with E-state index < -0.39 is 4.92 Å². The van der Waals surface area contributed by atoms with Crippen LogP contribution >= 0.6 is 0 Å². The van der Waals surface area contributed by atoms with Gasteiger partial charge in [-0.1, -0.05) is 24.3 Å². The number of nitrogens with zero attached hydrogens (tertiary/aromatic N) is 3. The summed E-state index contributed by atoms with van der Waals surface area (Å²) in [6, 6.07) is 15.5. The van der Waals surface area contributed by atoms with Gasteiger partial charge < -0.3 is 5.32 Å². The summed E-state index contributed by atoms with van der Waals surface area (Å²) in [6.45, 7) is 0.652. The Morgan fingerprint density at radius 3 is 2.62 bits per heavy atom. The molecule has 1 aromatic heterocycles. The van der Waals surface area contributed by atoms with E-state index in [0.29, 0.717) is 17.8 Å². The van der Waals surface area contributed by atoms with Crippen LogP contribution in [-0.4, -0.2) is 20.6 Å². The van der Waals surface area contributed by atoms with Crippen molar-refractivity contribution in [2.45, 2.75) is 6.54 Å². The second-order valence-electron chi connectivity index (χ2n) is 5.54. The highest BCUT2D eigenvalue weighted by atomic mass is 16.6. The minimum Gasteiger partial charge on any atom is -0.323 e. The molecule has 0 radical (unpaired) electrons. The van der Waals surface area contributed by atoms with E-state index in [9.17, 15) is 14.9 Å². The largest absolute Gasteiger partial charge is 0.323 e. The number of amides is 1. The molecule has 0 saturated heterocycles. The van der Waals surface area contributed by atoms with Crippen LogP contribution < -0.4 is 5.32 Å². The molecule has 1 amide bonds. The van der Waals surface area contributed by atoms with Crippen molar-refractivity contribution in [1.29, 1.82) is 0 Å². The number of carbonyl (C=O) groups excluding carboxylic acids is 1. The Labute approximate surface area is 149 Å². The lowest BCUT2D eigenvalue weighted by Crippen LogP contribution is -2.08. The Morgan fingerprint density at radius 2 is 1.92 bits per heavy atom. The minimum atomic E-state index is -0.476. The first-order valence-electron chi connectivity index (χ1n) is 7.91. The summed E-state index contributed by atoms with van der Waals surface area (Å²) in [5.41, 5.74) is 2.04. The Bertz CT molecular complexity index is 932. The molecule has 2 aromatic carbocycles. The summed E-state index contributed by atoms with van der Waals surface area (Å²) in [5, 5.41) is 17.8. The second-order valence-corrected chi connectivity index (χ2v) is 5.54. The fraction of sp³-hybridized carbons (Fsp3) is 0.0526. The van der Waals surface area contributed by atoms with E-state index in [4.69, 9.17) is 0 Å². The maximum atomic E-state index is 12.0. The molecule has 3 aromatic rings. The fourth-order valence-electron chi connectivity index (χ4n) is 2.42. The first kappa shape index (κ1) is 17.1. The van der Waals surface area contributed by atoms with Gasteiger partial charge in [0, 0.05) is 30.2 Å². The summed E-state index contributed by atoms with van der Waals surface area (Å²) >= 11 is 0. The van der Waals surface area contributed by atoms with E-state index in [0.717, 1.165) is 5.56 Å². The van der Waals surface area contributed by atoms with Gasteiger partial charge in [0.2, 0.25) is 5.91 Å². The van der Waals surface area contributed by atoms with Crippen molar-refractivity contribution in [2.75, 3.05) is 5.32 Å². The number of carbonyl (C=O) groups is 1. The zero-order valence-corrected chi connectivity index (χ0v) is 13.8. The zero-order chi connectivity index (χ0) is 18.4. The van der Waals surface area contributed by atoms with Gasteiger partial charge >= 0.3 is 0 Å². The predicted molar refractivity (Wildman–Crippen MR) is 98.5 cm³/mol. The van der Waals surface area contributed by atoms with Crippen LogP contribution in [0.15, 0.2) is 73.1 Å². The third kappa shape index (κ3) is 4.41. The number of rotatable bonds is 6. The van der Waals surface area contributed by atoms with E-state index in [1.807, 2.05) is 29.1 Å². The average Bonchev–Trinajstić information content (AvgIpc) is 3.15. The SMILES string of the molecule is O=C(C=Cc1ccccc1[N+](=O)[O-])Nc1ccc(Cn2cccn2)cc1. The topological polar surface area (TPSA) is 90.1 Å². The highest BCUT2D eigenvalue weighted by Crippen LogP contribution is 2.19. The van der Waals surface area contributed by atoms with Gasteiger partial charge in [-0.15, -0.1) is 0 Å². The van der Waals surface area contributed by atoms with Crippen LogP contribution in [0, 0.1) is 10.1 Å². The predicted octanol–water partition coefficient (Wildman–Crippen LogP) is 3.49. The molecule has 0 saturated carbocycles. The molecule has 7 heteroatoms. The molecule has 0 bridgehead atoms. The van der Waals surface area contributed by atoms with Gasteiger partial charge in [0.25, 0.3) is 5.69 Å². The van der Waals surface area contributed by atoms with Crippen LogP contribution in [0.1, 0.15) is 11.1 Å². The van der Waals surface area contributed by atoms with Crippen LogP contribution in [0.2, 0.25) is 0 Å². The third-order valence-electron chi connectivity index (χ3n) is 3.67. The van der Waals surface area contributed by atoms with Crippen molar-refractivity contribution in [1.82, 2.24) is 9.78 Å². The Hall–Kier alpha value is -3.74. The van der Waals surface area contributed by atoms with Crippen molar-refractivity contribution < 1.29 is 9.72 Å². The molecule has 1 heterocycles. The monoisotopic (exact) mass is 348 g/mol. The van der Waals surface area contributed by atoms with Crippen molar-refractivity contribution >= 4 is 23.4 Å². The van der Waals surface area contributed by atoms with Gasteiger partial charge in [0.15, 0.2) is 0 Å². The minimum absolute atomic E-state index is 0.0421. The van der Waals surface area contributed by atoms with E-state index in [2.05, 4.69) is 10.4 Å². The number of aromatic nitrogens is 2. The third-order valence-corrected chi connectivity index (χ3v) is 3.67. The molecule has 0 spiro atoms. The highest BCUT2D eigenvalue weighted by molar-refractivity contribution is 6.02. The van der Waals surface area contributed by atoms with E-state index >= 15 is 0 Å². The molecule has 0 fully saturated rings. The van der Waals surface area contributed by atoms with Gasteiger partial charge in [-0.25, -0.2) is 0 Å². The highest BCUT2D eigenvalue weighted by Gasteiger charge is 2.09. The summed E-state index contributed by atoms with van der Waals surface area (Å²) < 4.78 is 1.81. The standard InChI is InChI=1S/C19H16N4O3/c24-19(11-8-16-4-1-2-5-18(16)23(25)26)21-17-9-6-15(7-10-17)14-22-13-3-12-20-22/h1-13H,14H2,(H,21,24). The zero-order valence-electron chi connectivity index (χ0n) is 13.8. The van der Waals surface area contributed by atoms with Crippen LogP contribution in [0.5, 0.6) is 0 Å². The van der Waals surface area contributed by atoms with Crippen molar-refractivity contribution in [3.8, 4) is 0 Å². The average molecular weight is 348 g/mol. The molecule has 0 aliphatic heterocycles. The molecule has 0 unspecified atom stereocenters. The molecule has 3 rings (SSSR count). The summed E-state index contributed by atoms with van der Waals surface area (Å²) in [7, 11) is 0. The molecule has 0 atom stereocenters. The number of nitro groups is 1. The number of nitro benzene ring substituents is 1. The number of hydrogen-bond donors (Lipinski definition) is 1. The number of hydrogen-bond acceptors (Lipinski definition) is 4. The maximum Gasteiger partial charge on any atom is 0.276 e. The first-order valence-corrected chi connectivity index (χ1v) is 7.91. The number of nitrogens with one attached hydrogen (secondary N) is 1. The maximum absolute atomic E-state index is 12.0. The summed E-state index contributed by atoms with van der Waals surface area (Å²) in [4.78, 5) is 22.5. The van der Waals surface area contributed by atoms with Crippen LogP contribution in [0.4, 0.5) is 11.4 Å². The molecule has 130 valence electrons. The lowest BCUT2D eigenvalue weighted by Gasteiger charge is -2.05. The molecule has 1 N–H and O–H groups in total. The van der Waals surface area contributed by atoms with Crippen molar-refractivity contribution in [3.63, 3.8) is 0 Å². The lowest BCUT2D eigenvalue weighted by atomic mass is 10.1. The van der Waals surface area contributed by atoms with Gasteiger partial charge in [0.1, 0.15) is 0 Å². The fourth-order valence-corrected chi connectivity index (χ4v) is 2.42. The summed E-state index contributed by atoms with van der Waals surface area (Å²) in [5.74, 6) is -0.358. The number of para-hydroxylation sites is 1. The van der Waals surface area contributed by atoms with Gasteiger partial charge in [-0.2, -0.15) is 5.10 Å². The van der Waals surface area contributed by atoms with E-state index in [1.54, 1.807) is 36.5 Å². The van der Waals surface area contributed by atoms with Crippen LogP contribution in [-0.2, 0) is 11.3 Å². The Morgan fingerprint density at radius 1 is 1.15 bits per heavy atom. The van der Waals surface area contributed by atoms with Crippen molar-refractivity contribution in [3.05, 3.63) is 94.3 Å². The molecule has 0 aliphatic carbocycles. The smallest absolute Gasteiger partial charge is 0.276 e. The number of benzene rings is 2. The summed E-state index contributed by atoms with van der Waals surface area (Å²) in [6.07, 6.45) is 6.31. The Balaban J connectivity index is 1.62. The van der Waals surface area contributed by atoms with Gasteiger partial charge in [-0.3, -0.25) is 19.6 Å². The van der Waals surface area contributed by atoms with Gasteiger partial charge in [0.05, 0.1) is 17.0 Å². The lowest BCUT2D eigenvalue weighted by molar-refractivity contribution is -0.385. The van der Waals surface area contributed by atoms with Crippen molar-refractivity contribution in [2.24, 2.45) is 0 Å². The van der Waals surface area contributed by atoms with Crippen LogP contribution in [0.25, 0.3) is 6.08 Å². The van der Waals surface area contributed by atoms with E-state index in [-0.39, 0.29) is 11.6 Å². The second kappa shape index (κ2) is 7.89. The van der Waals surface area contributed by atoms with Crippen LogP contribution in [0.3, 0.4) is 0 Å².